The van der Waals surface area contributed by atoms with Gasteiger partial charge in [-0.15, -0.1) is 0 Å². The highest BCUT2D eigenvalue weighted by atomic mass is 79.9. The van der Waals surface area contributed by atoms with Crippen molar-refractivity contribution in [2.45, 2.75) is 20.3 Å². The van der Waals surface area contributed by atoms with E-state index in [0.29, 0.717) is 16.6 Å². The lowest BCUT2D eigenvalue weighted by Gasteiger charge is -2.25. The normalized spacial score (nSPS) is 10.4. The van der Waals surface area contributed by atoms with E-state index in [9.17, 15) is 10.1 Å². The van der Waals surface area contributed by atoms with Crippen LogP contribution in [-0.4, -0.2) is 29.7 Å². The molecule has 0 unspecified atom stereocenters. The molecule has 0 aromatic heterocycles. The Labute approximate surface area is 115 Å². The molecule has 5 nitrogen and oxygen atoms in total. The Morgan fingerprint density at radius 1 is 1.44 bits per heavy atom. The first-order chi connectivity index (χ1) is 8.51. The predicted octanol–water partition coefficient (Wildman–Crippen LogP) is 2.87. The number of aliphatic hydroxyl groups excluding tert-OH is 1. The fourth-order valence-electron chi connectivity index (χ4n) is 1.84. The largest absolute Gasteiger partial charge is 0.395 e. The smallest absolute Gasteiger partial charge is 0.273 e. The third-order valence-electron chi connectivity index (χ3n) is 2.67. The lowest BCUT2D eigenvalue weighted by atomic mass is 10.1. The third kappa shape index (κ3) is 3.43. The van der Waals surface area contributed by atoms with Crippen LogP contribution in [0.15, 0.2) is 16.6 Å². The van der Waals surface area contributed by atoms with Gasteiger partial charge in [0, 0.05) is 29.2 Å². The highest BCUT2D eigenvalue weighted by molar-refractivity contribution is 9.10. The Bertz CT molecular complexity index is 432. The second-order valence-corrected chi connectivity index (χ2v) is 4.91. The number of nitro benzene ring substituents is 1. The van der Waals surface area contributed by atoms with Crippen molar-refractivity contribution >= 4 is 27.3 Å². The molecule has 1 aromatic rings. The molecule has 1 N–H and O–H groups in total. The average molecular weight is 317 g/mol. The number of anilines is 1. The second kappa shape index (κ2) is 6.70. The van der Waals surface area contributed by atoms with Crippen LogP contribution in [0.1, 0.15) is 18.9 Å². The van der Waals surface area contributed by atoms with Crippen LogP contribution in [0.5, 0.6) is 0 Å². The molecule has 1 rings (SSSR count). The molecule has 0 fully saturated rings. The van der Waals surface area contributed by atoms with Crippen molar-refractivity contribution in [3.63, 3.8) is 0 Å². The van der Waals surface area contributed by atoms with Gasteiger partial charge in [-0.25, -0.2) is 0 Å². The summed E-state index contributed by atoms with van der Waals surface area (Å²) in [4.78, 5) is 12.5. The maximum atomic E-state index is 10.8. The molecule has 1 aromatic carbocycles. The predicted molar refractivity (Wildman–Crippen MR) is 75.1 cm³/mol. The van der Waals surface area contributed by atoms with E-state index in [0.717, 1.165) is 18.7 Å². The number of aryl methyl sites for hydroxylation is 1. The van der Waals surface area contributed by atoms with Gasteiger partial charge in [-0.1, -0.05) is 6.92 Å². The first kappa shape index (κ1) is 14.9. The summed E-state index contributed by atoms with van der Waals surface area (Å²) in [6.45, 7) is 5.15. The molecule has 0 saturated heterocycles. The minimum absolute atomic E-state index is 0.0580. The zero-order chi connectivity index (χ0) is 13.7. The van der Waals surface area contributed by atoms with E-state index in [4.69, 9.17) is 5.11 Å². The Morgan fingerprint density at radius 3 is 2.61 bits per heavy atom. The van der Waals surface area contributed by atoms with Crippen LogP contribution in [0.25, 0.3) is 0 Å². The lowest BCUT2D eigenvalue weighted by molar-refractivity contribution is -0.385. The summed E-state index contributed by atoms with van der Waals surface area (Å²) in [5, 5.41) is 19.9. The summed E-state index contributed by atoms with van der Waals surface area (Å²) in [6.07, 6.45) is 0.947. The molecular formula is C12H17BrN2O3. The Balaban J connectivity index is 3.15. The molecule has 0 aliphatic heterocycles. The van der Waals surface area contributed by atoms with Crippen molar-refractivity contribution in [2.24, 2.45) is 0 Å². The maximum absolute atomic E-state index is 10.8. The molecule has 0 saturated carbocycles. The van der Waals surface area contributed by atoms with Gasteiger partial charge >= 0.3 is 0 Å². The summed E-state index contributed by atoms with van der Waals surface area (Å²) >= 11 is 3.36. The zero-order valence-corrected chi connectivity index (χ0v) is 12.1. The quantitative estimate of drug-likeness (QED) is 0.647. The van der Waals surface area contributed by atoms with E-state index in [1.165, 1.54) is 6.07 Å². The van der Waals surface area contributed by atoms with E-state index in [1.54, 1.807) is 13.0 Å². The second-order valence-electron chi connectivity index (χ2n) is 4.06. The lowest BCUT2D eigenvalue weighted by Crippen LogP contribution is -2.27. The van der Waals surface area contributed by atoms with E-state index in [1.807, 2.05) is 4.90 Å². The topological polar surface area (TPSA) is 66.6 Å². The first-order valence-electron chi connectivity index (χ1n) is 5.81. The van der Waals surface area contributed by atoms with Gasteiger partial charge in [-0.05, 0) is 35.3 Å². The Kier molecular flexibility index (Phi) is 5.55. The van der Waals surface area contributed by atoms with Gasteiger partial charge in [0.25, 0.3) is 5.69 Å². The minimum Gasteiger partial charge on any atom is -0.395 e. The van der Waals surface area contributed by atoms with Crippen LogP contribution < -0.4 is 4.90 Å². The number of hydrogen-bond acceptors (Lipinski definition) is 4. The highest BCUT2D eigenvalue weighted by Crippen LogP contribution is 2.33. The van der Waals surface area contributed by atoms with Gasteiger partial charge in [0.2, 0.25) is 0 Å². The SMILES string of the molecule is CCCN(CCO)c1cc(C)c([N+](=O)[O-])cc1Br. The molecule has 0 aliphatic carbocycles. The molecule has 0 atom stereocenters. The fraction of sp³-hybridized carbons (Fsp3) is 0.500. The monoisotopic (exact) mass is 316 g/mol. The average Bonchev–Trinajstić information content (AvgIpc) is 2.31. The molecule has 0 aliphatic rings. The summed E-state index contributed by atoms with van der Waals surface area (Å²) < 4.78 is 0.682. The van der Waals surface area contributed by atoms with Crippen LogP contribution in [0, 0.1) is 17.0 Å². The van der Waals surface area contributed by atoms with Crippen molar-refractivity contribution in [3.05, 3.63) is 32.3 Å². The van der Waals surface area contributed by atoms with Gasteiger partial charge in [-0.2, -0.15) is 0 Å². The molecule has 6 heteroatoms. The highest BCUT2D eigenvalue weighted by Gasteiger charge is 2.17. The van der Waals surface area contributed by atoms with E-state index in [-0.39, 0.29) is 17.2 Å². The Hall–Kier alpha value is -1.14. The number of rotatable bonds is 6. The van der Waals surface area contributed by atoms with Crippen molar-refractivity contribution in [1.82, 2.24) is 0 Å². The molecular weight excluding hydrogens is 300 g/mol. The summed E-state index contributed by atoms with van der Waals surface area (Å²) in [7, 11) is 0. The maximum Gasteiger partial charge on any atom is 0.273 e. The fourth-order valence-corrected chi connectivity index (χ4v) is 2.42. The van der Waals surface area contributed by atoms with Crippen LogP contribution >= 0.6 is 15.9 Å². The van der Waals surface area contributed by atoms with E-state index < -0.39 is 0 Å². The van der Waals surface area contributed by atoms with Crippen molar-refractivity contribution in [3.8, 4) is 0 Å². The van der Waals surface area contributed by atoms with Crippen LogP contribution in [-0.2, 0) is 0 Å². The van der Waals surface area contributed by atoms with Gasteiger partial charge < -0.3 is 10.0 Å². The van der Waals surface area contributed by atoms with E-state index >= 15 is 0 Å². The van der Waals surface area contributed by atoms with Gasteiger partial charge in [-0.3, -0.25) is 10.1 Å². The molecule has 0 heterocycles. The van der Waals surface area contributed by atoms with Crippen LogP contribution in [0.3, 0.4) is 0 Å². The number of benzene rings is 1. The Morgan fingerprint density at radius 2 is 2.11 bits per heavy atom. The zero-order valence-electron chi connectivity index (χ0n) is 10.5. The summed E-state index contributed by atoms with van der Waals surface area (Å²) in [5.74, 6) is 0. The number of aliphatic hydroxyl groups is 1. The number of halogens is 1. The van der Waals surface area contributed by atoms with Crippen molar-refractivity contribution in [2.75, 3.05) is 24.6 Å². The van der Waals surface area contributed by atoms with Crippen LogP contribution in [0.2, 0.25) is 0 Å². The first-order valence-corrected chi connectivity index (χ1v) is 6.60. The number of nitrogens with zero attached hydrogens (tertiary/aromatic N) is 2. The van der Waals surface area contributed by atoms with Gasteiger partial charge in [0.05, 0.1) is 17.2 Å². The molecule has 0 bridgehead atoms. The van der Waals surface area contributed by atoms with E-state index in [2.05, 4.69) is 22.9 Å². The number of nitro groups is 1. The van der Waals surface area contributed by atoms with Crippen molar-refractivity contribution < 1.29 is 10.0 Å². The van der Waals surface area contributed by atoms with Crippen LogP contribution in [0.4, 0.5) is 11.4 Å². The summed E-state index contributed by atoms with van der Waals surface area (Å²) in [6, 6.07) is 3.30. The minimum atomic E-state index is -0.389. The molecule has 18 heavy (non-hydrogen) atoms. The van der Waals surface area contributed by atoms with Crippen molar-refractivity contribution in [1.29, 1.82) is 0 Å². The van der Waals surface area contributed by atoms with Gasteiger partial charge in [0.15, 0.2) is 0 Å². The molecule has 0 radical (unpaired) electrons. The standard InChI is InChI=1S/C12H17BrN2O3/c1-3-4-14(5-6-16)12-7-9(2)11(15(17)18)8-10(12)13/h7-8,16H,3-6H2,1-2H3. The van der Waals surface area contributed by atoms with Gasteiger partial charge in [0.1, 0.15) is 0 Å². The molecule has 0 spiro atoms. The summed E-state index contributed by atoms with van der Waals surface area (Å²) in [5.41, 5.74) is 1.61. The molecule has 100 valence electrons. The third-order valence-corrected chi connectivity index (χ3v) is 3.30. The number of hydrogen-bond donors (Lipinski definition) is 1. The molecule has 0 amide bonds.